The lowest BCUT2D eigenvalue weighted by molar-refractivity contribution is -0.136. The number of benzene rings is 2. The number of nitrogens with zero attached hydrogens (tertiary/aromatic N) is 3. The third-order valence-corrected chi connectivity index (χ3v) is 4.34. The quantitative estimate of drug-likeness (QED) is 0.540. The van der Waals surface area contributed by atoms with Crippen molar-refractivity contribution in [1.82, 2.24) is 4.90 Å². The van der Waals surface area contributed by atoms with E-state index in [1.165, 1.54) is 12.3 Å². The van der Waals surface area contributed by atoms with Crippen LogP contribution in [-0.4, -0.2) is 56.4 Å². The van der Waals surface area contributed by atoms with Crippen molar-refractivity contribution in [2.45, 2.75) is 6.61 Å². The van der Waals surface area contributed by atoms with Gasteiger partial charge in [0.15, 0.2) is 6.61 Å². The van der Waals surface area contributed by atoms with Gasteiger partial charge in [0.05, 0.1) is 6.21 Å². The Labute approximate surface area is 161 Å². The van der Waals surface area contributed by atoms with Crippen molar-refractivity contribution in [3.63, 3.8) is 0 Å². The number of hydrogen-bond donors (Lipinski definition) is 0. The molecule has 6 nitrogen and oxygen atoms in total. The van der Waals surface area contributed by atoms with Crippen LogP contribution in [0.2, 0.25) is 0 Å². The second-order valence-electron chi connectivity index (χ2n) is 6.13. The standard InChI is InChI=1S/C20H21F2N3O3/c21-20(22)28-18-9-5-4-6-16(18)14-23-27-15-19(26)25-12-10-24(11-13-25)17-7-2-1-3-8-17/h1-9,14,20H,10-13,15H2/b23-14+. The van der Waals surface area contributed by atoms with Crippen LogP contribution < -0.4 is 9.64 Å². The number of piperazine rings is 1. The van der Waals surface area contributed by atoms with Crippen LogP contribution in [0.3, 0.4) is 0 Å². The first-order valence-corrected chi connectivity index (χ1v) is 8.90. The summed E-state index contributed by atoms with van der Waals surface area (Å²) in [5.74, 6) is -0.171. The number of carbonyl (C=O) groups is 1. The number of oxime groups is 1. The summed E-state index contributed by atoms with van der Waals surface area (Å²) in [6.45, 7) is -0.432. The third-order valence-electron chi connectivity index (χ3n) is 4.34. The van der Waals surface area contributed by atoms with Crippen molar-refractivity contribution in [3.05, 3.63) is 60.2 Å². The molecule has 2 aromatic carbocycles. The van der Waals surface area contributed by atoms with Gasteiger partial charge in [-0.25, -0.2) is 0 Å². The topological polar surface area (TPSA) is 54.4 Å². The van der Waals surface area contributed by atoms with Gasteiger partial charge in [0.25, 0.3) is 5.91 Å². The molecule has 8 heteroatoms. The molecule has 1 heterocycles. The minimum atomic E-state index is -2.92. The molecule has 0 bridgehead atoms. The highest BCUT2D eigenvalue weighted by molar-refractivity contribution is 5.83. The van der Waals surface area contributed by atoms with Gasteiger partial charge in [0.1, 0.15) is 5.75 Å². The van der Waals surface area contributed by atoms with E-state index in [0.717, 1.165) is 18.8 Å². The van der Waals surface area contributed by atoms with Gasteiger partial charge in [0.2, 0.25) is 0 Å². The van der Waals surface area contributed by atoms with Gasteiger partial charge in [-0.05, 0) is 24.3 Å². The first-order valence-electron chi connectivity index (χ1n) is 8.90. The predicted octanol–water partition coefficient (Wildman–Crippen LogP) is 2.99. The maximum Gasteiger partial charge on any atom is 0.387 e. The highest BCUT2D eigenvalue weighted by Gasteiger charge is 2.21. The van der Waals surface area contributed by atoms with Crippen molar-refractivity contribution in [2.75, 3.05) is 37.7 Å². The Kier molecular flexibility index (Phi) is 6.78. The van der Waals surface area contributed by atoms with E-state index in [9.17, 15) is 13.6 Å². The number of para-hydroxylation sites is 2. The van der Waals surface area contributed by atoms with Gasteiger partial charge < -0.3 is 19.4 Å². The van der Waals surface area contributed by atoms with E-state index < -0.39 is 6.61 Å². The molecule has 1 fully saturated rings. The number of carbonyl (C=O) groups excluding carboxylic acids is 1. The molecule has 1 amide bonds. The zero-order valence-corrected chi connectivity index (χ0v) is 15.2. The molecule has 0 N–H and O–H groups in total. The van der Waals surface area contributed by atoms with Gasteiger partial charge >= 0.3 is 6.61 Å². The van der Waals surface area contributed by atoms with Crippen LogP contribution in [0, 0.1) is 0 Å². The van der Waals surface area contributed by atoms with Crippen LogP contribution in [0.5, 0.6) is 5.75 Å². The fourth-order valence-corrected chi connectivity index (χ4v) is 2.92. The predicted molar refractivity (Wildman–Crippen MR) is 102 cm³/mol. The van der Waals surface area contributed by atoms with Gasteiger partial charge in [-0.2, -0.15) is 8.78 Å². The maximum atomic E-state index is 12.4. The van der Waals surface area contributed by atoms with Crippen LogP contribution in [0.1, 0.15) is 5.56 Å². The summed E-state index contributed by atoms with van der Waals surface area (Å²) in [4.78, 5) is 21.2. The van der Waals surface area contributed by atoms with E-state index >= 15 is 0 Å². The Balaban J connectivity index is 1.45. The molecule has 0 aliphatic carbocycles. The molecule has 1 saturated heterocycles. The minimum Gasteiger partial charge on any atom is -0.434 e. The third kappa shape index (κ3) is 5.42. The summed E-state index contributed by atoms with van der Waals surface area (Å²) < 4.78 is 29.2. The highest BCUT2D eigenvalue weighted by atomic mass is 19.3. The molecule has 0 spiro atoms. The molecule has 0 radical (unpaired) electrons. The number of alkyl halides is 2. The fourth-order valence-electron chi connectivity index (χ4n) is 2.92. The lowest BCUT2D eigenvalue weighted by Gasteiger charge is -2.35. The molecule has 1 aliphatic heterocycles. The monoisotopic (exact) mass is 389 g/mol. The molecule has 0 aromatic heterocycles. The summed E-state index contributed by atoms with van der Waals surface area (Å²) in [7, 11) is 0. The van der Waals surface area contributed by atoms with Crippen LogP contribution in [0.4, 0.5) is 14.5 Å². The summed E-state index contributed by atoms with van der Waals surface area (Å²) in [6.07, 6.45) is 1.25. The number of ether oxygens (including phenoxy) is 1. The second-order valence-corrected chi connectivity index (χ2v) is 6.13. The number of rotatable bonds is 7. The van der Waals surface area contributed by atoms with Crippen molar-refractivity contribution in [3.8, 4) is 5.75 Å². The van der Waals surface area contributed by atoms with Crippen LogP contribution in [0.15, 0.2) is 59.8 Å². The number of halogens is 2. The second kappa shape index (κ2) is 9.68. The fraction of sp³-hybridized carbons (Fsp3) is 0.300. The lowest BCUT2D eigenvalue weighted by atomic mass is 10.2. The Morgan fingerprint density at radius 2 is 1.71 bits per heavy atom. The zero-order chi connectivity index (χ0) is 19.8. The van der Waals surface area contributed by atoms with Crippen molar-refractivity contribution >= 4 is 17.8 Å². The normalized spacial score (nSPS) is 14.5. The van der Waals surface area contributed by atoms with E-state index in [4.69, 9.17) is 4.84 Å². The van der Waals surface area contributed by atoms with E-state index in [1.54, 1.807) is 23.1 Å². The summed E-state index contributed by atoms with van der Waals surface area (Å²) in [6, 6.07) is 16.3. The number of anilines is 1. The first-order chi connectivity index (χ1) is 13.6. The van der Waals surface area contributed by atoms with Crippen LogP contribution in [-0.2, 0) is 9.63 Å². The van der Waals surface area contributed by atoms with Gasteiger partial charge in [-0.15, -0.1) is 0 Å². The zero-order valence-electron chi connectivity index (χ0n) is 15.2. The minimum absolute atomic E-state index is 0.00629. The van der Waals surface area contributed by atoms with E-state index in [0.29, 0.717) is 18.7 Å². The molecule has 148 valence electrons. The van der Waals surface area contributed by atoms with Gasteiger partial charge in [-0.3, -0.25) is 4.79 Å². The number of amides is 1. The Bertz CT molecular complexity index is 794. The molecule has 0 saturated carbocycles. The Hall–Kier alpha value is -3.16. The smallest absolute Gasteiger partial charge is 0.387 e. The van der Waals surface area contributed by atoms with E-state index in [2.05, 4.69) is 14.8 Å². The van der Waals surface area contributed by atoms with Crippen molar-refractivity contribution in [1.29, 1.82) is 0 Å². The summed E-state index contributed by atoms with van der Waals surface area (Å²) in [5.41, 5.74) is 1.48. The Morgan fingerprint density at radius 1 is 1.04 bits per heavy atom. The molecule has 28 heavy (non-hydrogen) atoms. The van der Waals surface area contributed by atoms with Crippen molar-refractivity contribution in [2.24, 2.45) is 5.16 Å². The molecule has 0 unspecified atom stereocenters. The van der Waals surface area contributed by atoms with Gasteiger partial charge in [-0.1, -0.05) is 35.5 Å². The molecule has 2 aromatic rings. The average Bonchev–Trinajstić information content (AvgIpc) is 2.72. The first kappa shape index (κ1) is 19.6. The maximum absolute atomic E-state index is 12.4. The highest BCUT2D eigenvalue weighted by Crippen LogP contribution is 2.18. The Morgan fingerprint density at radius 3 is 2.43 bits per heavy atom. The van der Waals surface area contributed by atoms with E-state index in [-0.39, 0.29) is 18.3 Å². The molecular weight excluding hydrogens is 368 g/mol. The summed E-state index contributed by atoms with van der Waals surface area (Å²) >= 11 is 0. The van der Waals surface area contributed by atoms with Crippen LogP contribution in [0.25, 0.3) is 0 Å². The molecule has 3 rings (SSSR count). The average molecular weight is 389 g/mol. The number of hydrogen-bond acceptors (Lipinski definition) is 5. The largest absolute Gasteiger partial charge is 0.434 e. The van der Waals surface area contributed by atoms with Gasteiger partial charge in [0, 0.05) is 37.4 Å². The molecule has 0 atom stereocenters. The molecule has 1 aliphatic rings. The SMILES string of the molecule is O=C(CO/N=C/c1ccccc1OC(F)F)N1CCN(c2ccccc2)CC1. The lowest BCUT2D eigenvalue weighted by Crippen LogP contribution is -2.49. The van der Waals surface area contributed by atoms with E-state index in [1.807, 2.05) is 30.3 Å². The summed E-state index contributed by atoms with van der Waals surface area (Å²) in [5, 5.41) is 3.70. The molecular formula is C20H21F2N3O3. The van der Waals surface area contributed by atoms with Crippen molar-refractivity contribution < 1.29 is 23.1 Å². The van der Waals surface area contributed by atoms with Crippen LogP contribution >= 0.6 is 0 Å².